The Kier molecular flexibility index (Phi) is 3.17. The molecule has 1 aromatic heterocycles. The summed E-state index contributed by atoms with van der Waals surface area (Å²) in [6.45, 7) is 1.98. The largest absolute Gasteiger partial charge is 0.380 e. The van der Waals surface area contributed by atoms with Crippen LogP contribution in [0.3, 0.4) is 0 Å². The second-order valence-electron chi connectivity index (χ2n) is 3.91. The zero-order valence-electron chi connectivity index (χ0n) is 9.55. The highest BCUT2D eigenvalue weighted by atomic mass is 16.5. The Balaban J connectivity index is 2.52. The summed E-state index contributed by atoms with van der Waals surface area (Å²) in [6.07, 6.45) is 3.64. The molecular formula is C13H16N2O. The Morgan fingerprint density at radius 1 is 1.31 bits per heavy atom. The normalized spacial score (nSPS) is 14.9. The number of aromatic nitrogens is 1. The Morgan fingerprint density at radius 2 is 2.12 bits per heavy atom. The highest BCUT2D eigenvalue weighted by Crippen LogP contribution is 2.24. The molecule has 0 fully saturated rings. The number of nitrogens with two attached hydrogens (primary N) is 1. The minimum absolute atomic E-state index is 0.00114. The Morgan fingerprint density at radius 3 is 2.88 bits per heavy atom. The van der Waals surface area contributed by atoms with E-state index in [9.17, 15) is 0 Å². The quantitative estimate of drug-likeness (QED) is 0.856. The monoisotopic (exact) mass is 216 g/mol. The smallest absolute Gasteiger partial charge is 0.0735 e. The molecule has 0 saturated carbocycles. The Hall–Kier alpha value is -1.45. The van der Waals surface area contributed by atoms with Crippen LogP contribution < -0.4 is 5.73 Å². The number of fused-ring (bicyclic) bond motifs is 1. The van der Waals surface area contributed by atoms with Crippen LogP contribution in [-0.4, -0.2) is 18.2 Å². The molecule has 0 bridgehead atoms. The third-order valence-corrected chi connectivity index (χ3v) is 2.95. The highest BCUT2D eigenvalue weighted by Gasteiger charge is 2.16. The van der Waals surface area contributed by atoms with Gasteiger partial charge >= 0.3 is 0 Å². The van der Waals surface area contributed by atoms with E-state index in [0.29, 0.717) is 0 Å². The van der Waals surface area contributed by atoms with Gasteiger partial charge in [0.25, 0.3) is 0 Å². The van der Waals surface area contributed by atoms with Gasteiger partial charge in [0.05, 0.1) is 12.1 Å². The van der Waals surface area contributed by atoms with Crippen LogP contribution in [0.25, 0.3) is 10.8 Å². The van der Waals surface area contributed by atoms with Gasteiger partial charge in [0.1, 0.15) is 0 Å². The molecular weight excluding hydrogens is 200 g/mol. The van der Waals surface area contributed by atoms with Crippen molar-refractivity contribution in [3.63, 3.8) is 0 Å². The van der Waals surface area contributed by atoms with E-state index in [1.807, 2.05) is 37.4 Å². The lowest BCUT2D eigenvalue weighted by Gasteiger charge is -2.20. The zero-order chi connectivity index (χ0) is 11.5. The molecule has 2 unspecified atom stereocenters. The van der Waals surface area contributed by atoms with Gasteiger partial charge in [0.2, 0.25) is 0 Å². The summed E-state index contributed by atoms with van der Waals surface area (Å²) in [6, 6.07) is 7.96. The summed E-state index contributed by atoms with van der Waals surface area (Å²) >= 11 is 0. The molecule has 2 rings (SSSR count). The van der Waals surface area contributed by atoms with Crippen LogP contribution in [0.5, 0.6) is 0 Å². The molecule has 3 nitrogen and oxygen atoms in total. The van der Waals surface area contributed by atoms with Crippen LogP contribution in [0.2, 0.25) is 0 Å². The van der Waals surface area contributed by atoms with Crippen molar-refractivity contribution in [2.45, 2.75) is 19.1 Å². The standard InChI is InChI=1S/C13H16N2O/c1-9(16-2)13(14)12-5-3-4-10-8-15-7-6-11(10)12/h3-9,13H,14H2,1-2H3. The van der Waals surface area contributed by atoms with Crippen molar-refractivity contribution >= 4 is 10.8 Å². The molecule has 1 aromatic carbocycles. The average Bonchev–Trinajstić information content (AvgIpc) is 2.36. The number of rotatable bonds is 3. The highest BCUT2D eigenvalue weighted by molar-refractivity contribution is 5.85. The van der Waals surface area contributed by atoms with Crippen LogP contribution >= 0.6 is 0 Å². The zero-order valence-corrected chi connectivity index (χ0v) is 9.55. The van der Waals surface area contributed by atoms with Gasteiger partial charge in [0.15, 0.2) is 0 Å². The number of benzene rings is 1. The molecule has 0 saturated heterocycles. The lowest BCUT2D eigenvalue weighted by molar-refractivity contribution is 0.0960. The van der Waals surface area contributed by atoms with E-state index in [2.05, 4.69) is 4.98 Å². The molecule has 2 aromatic rings. The fourth-order valence-corrected chi connectivity index (χ4v) is 1.84. The third-order valence-electron chi connectivity index (χ3n) is 2.95. The first-order chi connectivity index (χ1) is 7.74. The fraction of sp³-hybridized carbons (Fsp3) is 0.308. The number of pyridine rings is 1. The average molecular weight is 216 g/mol. The molecule has 0 spiro atoms. The summed E-state index contributed by atoms with van der Waals surface area (Å²) in [7, 11) is 1.68. The third kappa shape index (κ3) is 1.92. The number of ether oxygens (including phenoxy) is 1. The summed E-state index contributed by atoms with van der Waals surface area (Å²) < 4.78 is 5.27. The second-order valence-corrected chi connectivity index (χ2v) is 3.91. The molecule has 1 heterocycles. The molecule has 2 atom stereocenters. The molecule has 0 radical (unpaired) electrons. The van der Waals surface area contributed by atoms with Crippen molar-refractivity contribution in [1.82, 2.24) is 4.98 Å². The van der Waals surface area contributed by atoms with Crippen molar-refractivity contribution < 1.29 is 4.74 Å². The van der Waals surface area contributed by atoms with E-state index in [0.717, 1.165) is 16.3 Å². The maximum atomic E-state index is 6.17. The Labute approximate surface area is 95.2 Å². The van der Waals surface area contributed by atoms with E-state index in [-0.39, 0.29) is 12.1 Å². The topological polar surface area (TPSA) is 48.1 Å². The van der Waals surface area contributed by atoms with E-state index >= 15 is 0 Å². The van der Waals surface area contributed by atoms with Crippen molar-refractivity contribution in [3.8, 4) is 0 Å². The van der Waals surface area contributed by atoms with Crippen LogP contribution in [0.15, 0.2) is 36.7 Å². The SMILES string of the molecule is COC(C)C(N)c1cccc2cnccc12. The fourth-order valence-electron chi connectivity index (χ4n) is 1.84. The molecule has 3 heteroatoms. The lowest BCUT2D eigenvalue weighted by Crippen LogP contribution is -2.25. The van der Waals surface area contributed by atoms with E-state index in [1.165, 1.54) is 0 Å². The predicted octanol–water partition coefficient (Wildman–Crippen LogP) is 2.27. The minimum atomic E-state index is -0.115. The maximum absolute atomic E-state index is 6.17. The van der Waals surface area contributed by atoms with Gasteiger partial charge in [-0.3, -0.25) is 4.98 Å². The molecule has 0 aliphatic rings. The molecule has 16 heavy (non-hydrogen) atoms. The lowest BCUT2D eigenvalue weighted by atomic mass is 9.97. The number of hydrogen-bond donors (Lipinski definition) is 1. The van der Waals surface area contributed by atoms with Gasteiger partial charge in [-0.05, 0) is 23.9 Å². The molecule has 0 amide bonds. The van der Waals surface area contributed by atoms with Crippen molar-refractivity contribution in [3.05, 3.63) is 42.2 Å². The van der Waals surface area contributed by atoms with Gasteiger partial charge in [-0.1, -0.05) is 18.2 Å². The Bertz CT molecular complexity index is 479. The summed E-state index contributed by atoms with van der Waals surface area (Å²) in [4.78, 5) is 4.11. The van der Waals surface area contributed by atoms with E-state index in [4.69, 9.17) is 10.5 Å². The predicted molar refractivity (Wildman–Crippen MR) is 65.1 cm³/mol. The van der Waals surface area contributed by atoms with Crippen molar-refractivity contribution in [2.75, 3.05) is 7.11 Å². The number of hydrogen-bond acceptors (Lipinski definition) is 3. The van der Waals surface area contributed by atoms with Gasteiger partial charge in [-0.2, -0.15) is 0 Å². The minimum Gasteiger partial charge on any atom is -0.380 e. The van der Waals surface area contributed by atoms with Crippen LogP contribution in [0, 0.1) is 0 Å². The maximum Gasteiger partial charge on any atom is 0.0735 e. The van der Waals surface area contributed by atoms with Gasteiger partial charge in [-0.25, -0.2) is 0 Å². The molecule has 2 N–H and O–H groups in total. The van der Waals surface area contributed by atoms with Crippen LogP contribution in [0.4, 0.5) is 0 Å². The first-order valence-electron chi connectivity index (χ1n) is 5.35. The van der Waals surface area contributed by atoms with Crippen molar-refractivity contribution in [2.24, 2.45) is 5.73 Å². The first-order valence-corrected chi connectivity index (χ1v) is 5.35. The van der Waals surface area contributed by atoms with Gasteiger partial charge in [-0.15, -0.1) is 0 Å². The van der Waals surface area contributed by atoms with Gasteiger partial charge in [0, 0.05) is 24.9 Å². The summed E-state index contributed by atoms with van der Waals surface area (Å²) in [5.74, 6) is 0. The first kappa shape index (κ1) is 11.0. The summed E-state index contributed by atoms with van der Waals surface area (Å²) in [5, 5.41) is 2.26. The molecule has 0 aliphatic heterocycles. The van der Waals surface area contributed by atoms with Crippen LogP contribution in [0.1, 0.15) is 18.5 Å². The van der Waals surface area contributed by atoms with Crippen LogP contribution in [-0.2, 0) is 4.74 Å². The molecule has 84 valence electrons. The number of methoxy groups -OCH3 is 1. The van der Waals surface area contributed by atoms with E-state index in [1.54, 1.807) is 13.3 Å². The van der Waals surface area contributed by atoms with E-state index < -0.39 is 0 Å². The van der Waals surface area contributed by atoms with Crippen molar-refractivity contribution in [1.29, 1.82) is 0 Å². The number of nitrogens with zero attached hydrogens (tertiary/aromatic N) is 1. The second kappa shape index (κ2) is 4.60. The summed E-state index contributed by atoms with van der Waals surface area (Å²) in [5.41, 5.74) is 7.28. The molecule has 0 aliphatic carbocycles. The van der Waals surface area contributed by atoms with Gasteiger partial charge < -0.3 is 10.5 Å².